The van der Waals surface area contributed by atoms with Crippen molar-refractivity contribution in [3.05, 3.63) is 40.9 Å². The quantitative estimate of drug-likeness (QED) is 0.562. The van der Waals surface area contributed by atoms with E-state index in [2.05, 4.69) is 0 Å². The zero-order chi connectivity index (χ0) is 17.2. The second-order valence-corrected chi connectivity index (χ2v) is 6.92. The Labute approximate surface area is 141 Å². The number of nitrogens with zero attached hydrogens (tertiary/aromatic N) is 1. The van der Waals surface area contributed by atoms with Crippen LogP contribution in [0.1, 0.15) is 18.4 Å². The Bertz CT molecular complexity index is 742. The van der Waals surface area contributed by atoms with Gasteiger partial charge in [-0.15, -0.1) is 0 Å². The van der Waals surface area contributed by atoms with Gasteiger partial charge in [-0.25, -0.2) is 0 Å². The van der Waals surface area contributed by atoms with Crippen LogP contribution in [-0.4, -0.2) is 11.8 Å². The van der Waals surface area contributed by atoms with Gasteiger partial charge in [0.1, 0.15) is 0 Å². The summed E-state index contributed by atoms with van der Waals surface area (Å²) < 4.78 is 39.2. The minimum atomic E-state index is -4.65. The molecule has 4 aliphatic rings. The minimum absolute atomic E-state index is 0.00385. The van der Waals surface area contributed by atoms with Gasteiger partial charge < -0.3 is 0 Å². The lowest BCUT2D eigenvalue weighted by molar-refractivity contribution is -0.137. The number of halogens is 4. The number of hydrogen-bond acceptors (Lipinski definition) is 2. The molecule has 1 aliphatic heterocycles. The van der Waals surface area contributed by atoms with Crippen molar-refractivity contribution in [3.8, 4) is 0 Å². The first-order valence-electron chi connectivity index (χ1n) is 7.72. The topological polar surface area (TPSA) is 37.4 Å². The van der Waals surface area contributed by atoms with Crippen LogP contribution in [0, 0.1) is 23.7 Å². The van der Waals surface area contributed by atoms with Crippen LogP contribution in [0.25, 0.3) is 0 Å². The molecule has 3 aliphatic carbocycles. The van der Waals surface area contributed by atoms with Crippen molar-refractivity contribution in [1.82, 2.24) is 0 Å². The maximum Gasteiger partial charge on any atom is 0.417 e. The van der Waals surface area contributed by atoms with Gasteiger partial charge in [-0.05, 0) is 42.9 Å². The fourth-order valence-electron chi connectivity index (χ4n) is 4.20. The summed E-state index contributed by atoms with van der Waals surface area (Å²) in [4.78, 5) is 26.4. The summed E-state index contributed by atoms with van der Waals surface area (Å²) in [6, 6.07) is 3.15. The lowest BCUT2D eigenvalue weighted by Gasteiger charge is -2.38. The predicted octanol–water partition coefficient (Wildman–Crippen LogP) is 4.06. The summed E-state index contributed by atoms with van der Waals surface area (Å²) in [5.74, 6) is -1.72. The van der Waals surface area contributed by atoms with Gasteiger partial charge in [0.05, 0.1) is 28.1 Å². The number of carbonyl (C=O) groups is 2. The molecule has 0 spiro atoms. The van der Waals surface area contributed by atoms with Crippen LogP contribution in [0.5, 0.6) is 0 Å². The number of fused-ring (bicyclic) bond motifs is 1. The molecule has 3 nitrogen and oxygen atoms in total. The molecule has 1 aromatic carbocycles. The van der Waals surface area contributed by atoms with Crippen molar-refractivity contribution in [3.63, 3.8) is 0 Å². The van der Waals surface area contributed by atoms with E-state index in [1.165, 1.54) is 6.07 Å². The van der Waals surface area contributed by atoms with E-state index in [0.717, 1.165) is 29.9 Å². The lowest BCUT2D eigenvalue weighted by atomic mass is 9.63. The molecule has 4 atom stereocenters. The third kappa shape index (κ3) is 2.12. The first-order valence-corrected chi connectivity index (χ1v) is 8.09. The normalized spacial score (nSPS) is 31.8. The summed E-state index contributed by atoms with van der Waals surface area (Å²) in [5, 5.41) is -0.454. The van der Waals surface area contributed by atoms with Gasteiger partial charge in [-0.1, -0.05) is 23.8 Å². The summed E-state index contributed by atoms with van der Waals surface area (Å²) >= 11 is 5.62. The van der Waals surface area contributed by atoms with Gasteiger partial charge in [0.2, 0.25) is 11.8 Å². The van der Waals surface area contributed by atoms with Crippen molar-refractivity contribution in [2.45, 2.75) is 19.0 Å². The van der Waals surface area contributed by atoms with Gasteiger partial charge in [-0.2, -0.15) is 13.2 Å². The number of alkyl halides is 3. The van der Waals surface area contributed by atoms with Crippen molar-refractivity contribution in [1.29, 1.82) is 0 Å². The molecule has 126 valence electrons. The third-order valence-corrected chi connectivity index (χ3v) is 5.60. The van der Waals surface area contributed by atoms with Crippen LogP contribution in [0.3, 0.4) is 0 Å². The molecule has 1 saturated carbocycles. The summed E-state index contributed by atoms with van der Waals surface area (Å²) in [7, 11) is 0. The van der Waals surface area contributed by atoms with Crippen LogP contribution in [0.4, 0.5) is 18.9 Å². The van der Waals surface area contributed by atoms with Crippen LogP contribution >= 0.6 is 11.6 Å². The second-order valence-electron chi connectivity index (χ2n) is 6.52. The van der Waals surface area contributed by atoms with Crippen molar-refractivity contribution < 1.29 is 22.8 Å². The summed E-state index contributed by atoms with van der Waals surface area (Å²) in [5.41, 5.74) is -1.10. The van der Waals surface area contributed by atoms with E-state index >= 15 is 0 Å². The molecule has 0 aromatic heterocycles. The van der Waals surface area contributed by atoms with Crippen LogP contribution < -0.4 is 4.90 Å². The Morgan fingerprint density at radius 1 is 1.00 bits per heavy atom. The van der Waals surface area contributed by atoms with E-state index in [1.54, 1.807) is 0 Å². The van der Waals surface area contributed by atoms with Gasteiger partial charge >= 0.3 is 6.18 Å². The Morgan fingerprint density at radius 3 is 2.00 bits per heavy atom. The van der Waals surface area contributed by atoms with Crippen molar-refractivity contribution in [2.24, 2.45) is 23.7 Å². The Balaban J connectivity index is 1.76. The predicted molar refractivity (Wildman–Crippen MR) is 81.3 cm³/mol. The van der Waals surface area contributed by atoms with E-state index in [1.807, 2.05) is 12.2 Å². The average molecular weight is 356 g/mol. The lowest BCUT2D eigenvalue weighted by Crippen LogP contribution is -2.38. The van der Waals surface area contributed by atoms with Gasteiger partial charge in [0.15, 0.2) is 0 Å². The van der Waals surface area contributed by atoms with E-state index in [0.29, 0.717) is 0 Å². The molecule has 5 rings (SSSR count). The molecular weight excluding hydrogens is 343 g/mol. The largest absolute Gasteiger partial charge is 0.417 e. The van der Waals surface area contributed by atoms with E-state index in [4.69, 9.17) is 11.6 Å². The van der Waals surface area contributed by atoms with E-state index in [-0.39, 0.29) is 17.5 Å². The molecule has 0 N–H and O–H groups in total. The molecule has 7 heteroatoms. The molecule has 24 heavy (non-hydrogen) atoms. The molecular formula is C17H13ClF3NO2. The number of hydrogen-bond donors (Lipinski definition) is 0. The molecule has 2 bridgehead atoms. The Kier molecular flexibility index (Phi) is 3.33. The number of anilines is 1. The third-order valence-electron chi connectivity index (χ3n) is 5.27. The fraction of sp³-hybridized carbons (Fsp3) is 0.412. The van der Waals surface area contributed by atoms with Crippen molar-refractivity contribution >= 4 is 29.1 Å². The zero-order valence-electron chi connectivity index (χ0n) is 12.4. The number of carbonyl (C=O) groups excluding carboxylic acids is 2. The highest BCUT2D eigenvalue weighted by atomic mass is 35.5. The van der Waals surface area contributed by atoms with Crippen molar-refractivity contribution in [2.75, 3.05) is 4.90 Å². The minimum Gasteiger partial charge on any atom is -0.274 e. The van der Waals surface area contributed by atoms with E-state index < -0.39 is 40.4 Å². The number of imide groups is 1. The Hall–Kier alpha value is -1.82. The maximum absolute atomic E-state index is 13.1. The first-order chi connectivity index (χ1) is 11.3. The molecule has 1 saturated heterocycles. The SMILES string of the molecule is O=C1[C@H]2[C@H](C(=O)N1c1ccc(Cl)c(C(F)(F)F)c1)[C@@H]1C=C[C@@H]2CC1. The summed E-state index contributed by atoms with van der Waals surface area (Å²) in [6.07, 6.45) is 0.958. The van der Waals surface area contributed by atoms with Crippen LogP contribution in [0.15, 0.2) is 30.4 Å². The second kappa shape index (κ2) is 5.09. The smallest absolute Gasteiger partial charge is 0.274 e. The van der Waals surface area contributed by atoms with Crippen LogP contribution in [0.2, 0.25) is 5.02 Å². The first kappa shape index (κ1) is 15.7. The standard InChI is InChI=1S/C17H13ClF3NO2/c18-12-6-5-10(7-11(12)17(19,20)21)22-15(23)13-8-1-2-9(4-3-8)14(13)16(22)24/h1-2,5-9,13-14H,3-4H2/t8-,9-,13-,14-/m1/s1. The molecule has 1 aromatic rings. The van der Waals surface area contributed by atoms with Gasteiger partial charge in [0, 0.05) is 0 Å². The monoisotopic (exact) mass is 355 g/mol. The van der Waals surface area contributed by atoms with Gasteiger partial charge in [-0.3, -0.25) is 14.5 Å². The number of allylic oxidation sites excluding steroid dienone is 2. The maximum atomic E-state index is 13.1. The molecule has 2 fully saturated rings. The highest BCUT2D eigenvalue weighted by Gasteiger charge is 2.57. The van der Waals surface area contributed by atoms with Gasteiger partial charge in [0.25, 0.3) is 0 Å². The molecule has 2 amide bonds. The average Bonchev–Trinajstić information content (AvgIpc) is 2.82. The van der Waals surface area contributed by atoms with E-state index in [9.17, 15) is 22.8 Å². The van der Waals surface area contributed by atoms with Crippen LogP contribution in [-0.2, 0) is 15.8 Å². The fourth-order valence-corrected chi connectivity index (χ4v) is 4.42. The molecule has 1 heterocycles. The number of benzene rings is 1. The highest BCUT2D eigenvalue weighted by molar-refractivity contribution is 6.31. The highest BCUT2D eigenvalue weighted by Crippen LogP contribution is 2.50. The summed E-state index contributed by atoms with van der Waals surface area (Å²) in [6.45, 7) is 0. The molecule has 0 unspecified atom stereocenters. The molecule has 0 radical (unpaired) electrons. The number of amides is 2. The Morgan fingerprint density at radius 2 is 1.54 bits per heavy atom. The zero-order valence-corrected chi connectivity index (χ0v) is 13.1. The number of rotatable bonds is 1.